The van der Waals surface area contributed by atoms with E-state index in [1.165, 1.54) is 109 Å². The lowest BCUT2D eigenvalue weighted by molar-refractivity contribution is -0.137. The summed E-state index contributed by atoms with van der Waals surface area (Å²) in [4.78, 5) is 10.4. The second-order valence-electron chi connectivity index (χ2n) is 7.85. The third-order valence-corrected chi connectivity index (χ3v) is 5.15. The minimum Gasteiger partial charge on any atom is -0.481 e. The summed E-state index contributed by atoms with van der Waals surface area (Å²) in [6.07, 6.45) is 30.1. The van der Waals surface area contributed by atoms with Crippen LogP contribution in [0.3, 0.4) is 0 Å². The van der Waals surface area contributed by atoms with E-state index >= 15 is 0 Å². The van der Waals surface area contributed by atoms with Crippen molar-refractivity contribution in [2.75, 3.05) is 0 Å². The summed E-state index contributed by atoms with van der Waals surface area (Å²) in [7, 11) is 0. The number of aliphatic carboxylic acids is 1. The lowest BCUT2D eigenvalue weighted by atomic mass is 10.0. The molecule has 26 heavy (non-hydrogen) atoms. The zero-order valence-corrected chi connectivity index (χ0v) is 17.7. The van der Waals surface area contributed by atoms with Crippen molar-refractivity contribution in [3.8, 4) is 0 Å². The third kappa shape index (κ3) is 23.2. The minimum atomic E-state index is -0.654. The van der Waals surface area contributed by atoms with Gasteiger partial charge in [-0.3, -0.25) is 4.79 Å². The molecule has 0 radical (unpaired) electrons. The molecule has 1 N–H and O–H groups in total. The van der Waals surface area contributed by atoms with Crippen LogP contribution in [0.4, 0.5) is 0 Å². The van der Waals surface area contributed by atoms with Crippen LogP contribution in [-0.4, -0.2) is 11.1 Å². The Kier molecular flexibility index (Phi) is 21.6. The third-order valence-electron chi connectivity index (χ3n) is 5.15. The predicted octanol–water partition coefficient (Wildman–Crippen LogP) is 8.45. The van der Waals surface area contributed by atoms with Crippen LogP contribution in [0, 0.1) is 0 Å². The number of hydrogen-bond acceptors (Lipinski definition) is 1. The van der Waals surface area contributed by atoms with Crippen LogP contribution in [0.15, 0.2) is 12.2 Å². The quantitative estimate of drug-likeness (QED) is 0.163. The number of carboxylic acids is 1. The van der Waals surface area contributed by atoms with Crippen molar-refractivity contribution in [1.29, 1.82) is 0 Å². The maximum Gasteiger partial charge on any atom is 0.303 e. The highest BCUT2D eigenvalue weighted by Gasteiger charge is 1.97. The molecule has 0 amide bonds. The summed E-state index contributed by atoms with van der Waals surface area (Å²) in [6, 6.07) is 0. The summed E-state index contributed by atoms with van der Waals surface area (Å²) in [6.45, 7) is 2.27. The number of carbonyl (C=O) groups is 1. The van der Waals surface area contributed by atoms with E-state index in [0.29, 0.717) is 6.42 Å². The smallest absolute Gasteiger partial charge is 0.303 e. The van der Waals surface area contributed by atoms with Crippen molar-refractivity contribution in [1.82, 2.24) is 0 Å². The Morgan fingerprint density at radius 3 is 1.31 bits per heavy atom. The highest BCUT2D eigenvalue weighted by molar-refractivity contribution is 5.66. The zero-order chi connectivity index (χ0) is 19.1. The lowest BCUT2D eigenvalue weighted by Gasteiger charge is -2.02. The highest BCUT2D eigenvalue weighted by Crippen LogP contribution is 2.13. The fourth-order valence-electron chi connectivity index (χ4n) is 3.41. The summed E-state index contributed by atoms with van der Waals surface area (Å²) in [5, 5.41) is 8.57. The molecular formula is C24H46O2. The number of allylic oxidation sites excluding steroid dienone is 2. The van der Waals surface area contributed by atoms with E-state index in [1.807, 2.05) is 0 Å². The van der Waals surface area contributed by atoms with Gasteiger partial charge < -0.3 is 5.11 Å². The lowest BCUT2D eigenvalue weighted by Crippen LogP contribution is -1.93. The van der Waals surface area contributed by atoms with Crippen LogP contribution in [-0.2, 0) is 4.79 Å². The topological polar surface area (TPSA) is 37.3 Å². The van der Waals surface area contributed by atoms with Gasteiger partial charge in [0.15, 0.2) is 0 Å². The monoisotopic (exact) mass is 366 g/mol. The molecule has 154 valence electrons. The molecule has 0 aromatic carbocycles. The average molecular weight is 367 g/mol. The fourth-order valence-corrected chi connectivity index (χ4v) is 3.41. The molecule has 0 aliphatic heterocycles. The van der Waals surface area contributed by atoms with Crippen molar-refractivity contribution < 1.29 is 9.90 Å². The van der Waals surface area contributed by atoms with Crippen molar-refractivity contribution in [3.05, 3.63) is 12.2 Å². The van der Waals surface area contributed by atoms with Crippen LogP contribution in [0.25, 0.3) is 0 Å². The van der Waals surface area contributed by atoms with E-state index in [9.17, 15) is 4.79 Å². The predicted molar refractivity (Wildman–Crippen MR) is 115 cm³/mol. The van der Waals surface area contributed by atoms with Gasteiger partial charge in [0.1, 0.15) is 0 Å². The Labute approximate surface area is 163 Å². The molecule has 0 rings (SSSR count). The van der Waals surface area contributed by atoms with E-state index in [4.69, 9.17) is 5.11 Å². The minimum absolute atomic E-state index is 0.342. The molecule has 0 saturated heterocycles. The standard InChI is InChI=1S/C24H46O2/c1-2-3-4-5-6-7-8-9-10-11-12-13-14-15-16-17-18-19-20-21-22-23-24(25)26/h8-9H,2-7,10-23H2,1H3,(H,25,26)/b9-8-. The van der Waals surface area contributed by atoms with Gasteiger partial charge in [0, 0.05) is 6.42 Å². The summed E-state index contributed by atoms with van der Waals surface area (Å²) >= 11 is 0. The molecule has 0 saturated carbocycles. The van der Waals surface area contributed by atoms with Gasteiger partial charge in [-0.05, 0) is 32.1 Å². The SMILES string of the molecule is CCCCCCC/C=C\CCCCCCCCCCCCCCC(=O)O. The van der Waals surface area contributed by atoms with Gasteiger partial charge in [0.05, 0.1) is 0 Å². The zero-order valence-electron chi connectivity index (χ0n) is 17.7. The Hall–Kier alpha value is -0.790. The van der Waals surface area contributed by atoms with E-state index in [2.05, 4.69) is 19.1 Å². The number of unbranched alkanes of at least 4 members (excludes halogenated alkanes) is 17. The second kappa shape index (κ2) is 22.3. The highest BCUT2D eigenvalue weighted by atomic mass is 16.4. The molecule has 0 atom stereocenters. The molecule has 0 aliphatic carbocycles. The van der Waals surface area contributed by atoms with Gasteiger partial charge in [0.25, 0.3) is 0 Å². The molecule has 0 aliphatic rings. The fraction of sp³-hybridized carbons (Fsp3) is 0.875. The Morgan fingerprint density at radius 1 is 0.577 bits per heavy atom. The molecule has 0 unspecified atom stereocenters. The van der Waals surface area contributed by atoms with Crippen LogP contribution in [0.1, 0.15) is 135 Å². The van der Waals surface area contributed by atoms with E-state index in [0.717, 1.165) is 12.8 Å². The van der Waals surface area contributed by atoms with Crippen molar-refractivity contribution in [3.63, 3.8) is 0 Å². The van der Waals surface area contributed by atoms with E-state index in [1.54, 1.807) is 0 Å². The van der Waals surface area contributed by atoms with Crippen LogP contribution < -0.4 is 0 Å². The molecule has 0 heterocycles. The summed E-state index contributed by atoms with van der Waals surface area (Å²) < 4.78 is 0. The molecule has 0 aromatic heterocycles. The average Bonchev–Trinajstić information content (AvgIpc) is 2.62. The first kappa shape index (κ1) is 25.2. The molecular weight excluding hydrogens is 320 g/mol. The first-order valence-corrected chi connectivity index (χ1v) is 11.6. The van der Waals surface area contributed by atoms with Gasteiger partial charge >= 0.3 is 5.97 Å². The van der Waals surface area contributed by atoms with Crippen molar-refractivity contribution in [2.45, 2.75) is 135 Å². The van der Waals surface area contributed by atoms with Gasteiger partial charge in [-0.2, -0.15) is 0 Å². The molecule has 0 bridgehead atoms. The van der Waals surface area contributed by atoms with Gasteiger partial charge in [0.2, 0.25) is 0 Å². The number of rotatable bonds is 21. The first-order chi connectivity index (χ1) is 12.8. The number of hydrogen-bond donors (Lipinski definition) is 1. The van der Waals surface area contributed by atoms with E-state index < -0.39 is 5.97 Å². The maximum atomic E-state index is 10.4. The van der Waals surface area contributed by atoms with Gasteiger partial charge in [-0.25, -0.2) is 0 Å². The van der Waals surface area contributed by atoms with Crippen LogP contribution >= 0.6 is 0 Å². The van der Waals surface area contributed by atoms with Gasteiger partial charge in [-0.15, -0.1) is 0 Å². The second-order valence-corrected chi connectivity index (χ2v) is 7.85. The molecule has 2 heteroatoms. The van der Waals surface area contributed by atoms with Gasteiger partial charge in [-0.1, -0.05) is 109 Å². The van der Waals surface area contributed by atoms with Crippen molar-refractivity contribution >= 4 is 5.97 Å². The largest absolute Gasteiger partial charge is 0.481 e. The van der Waals surface area contributed by atoms with Crippen LogP contribution in [0.5, 0.6) is 0 Å². The molecule has 0 spiro atoms. The van der Waals surface area contributed by atoms with Crippen molar-refractivity contribution in [2.24, 2.45) is 0 Å². The molecule has 0 aromatic rings. The summed E-state index contributed by atoms with van der Waals surface area (Å²) in [5.41, 5.74) is 0. The Balaban J connectivity index is 3.05. The first-order valence-electron chi connectivity index (χ1n) is 11.6. The Morgan fingerprint density at radius 2 is 0.923 bits per heavy atom. The Bertz CT molecular complexity index is 309. The van der Waals surface area contributed by atoms with Crippen LogP contribution in [0.2, 0.25) is 0 Å². The molecule has 0 fully saturated rings. The normalized spacial score (nSPS) is 11.4. The van der Waals surface area contributed by atoms with E-state index in [-0.39, 0.29) is 0 Å². The number of carboxylic acid groups (broad SMARTS) is 1. The summed E-state index contributed by atoms with van der Waals surface area (Å²) in [5.74, 6) is -0.654. The molecule has 2 nitrogen and oxygen atoms in total. The maximum absolute atomic E-state index is 10.4.